The second kappa shape index (κ2) is 7.17. The molecule has 0 heteroatoms. The minimum absolute atomic E-state index is 0.219. The summed E-state index contributed by atoms with van der Waals surface area (Å²) in [6.45, 7) is 12.8. The molecule has 94 valence electrons. The summed E-state index contributed by atoms with van der Waals surface area (Å²) in [6, 6.07) is 8.70. The van der Waals surface area contributed by atoms with E-state index in [1.807, 2.05) is 13.8 Å². The average molecular weight is 230 g/mol. The van der Waals surface area contributed by atoms with Crippen molar-refractivity contribution in [3.8, 4) is 12.3 Å². The molecule has 0 aromatic heterocycles. The van der Waals surface area contributed by atoms with Crippen LogP contribution in [0, 0.1) is 12.3 Å². The van der Waals surface area contributed by atoms with Crippen LogP contribution < -0.4 is 0 Å². The molecule has 0 fully saturated rings. The zero-order chi connectivity index (χ0) is 13.5. The van der Waals surface area contributed by atoms with Crippen LogP contribution in [-0.2, 0) is 5.41 Å². The third-order valence-corrected chi connectivity index (χ3v) is 2.79. The van der Waals surface area contributed by atoms with Crippen LogP contribution in [-0.4, -0.2) is 0 Å². The number of rotatable bonds is 2. The predicted molar refractivity (Wildman–Crippen MR) is 78.4 cm³/mol. The van der Waals surface area contributed by atoms with Gasteiger partial charge in [-0.15, -0.1) is 6.42 Å². The number of hydrogen-bond acceptors (Lipinski definition) is 0. The quantitative estimate of drug-likeness (QED) is 0.617. The highest BCUT2D eigenvalue weighted by molar-refractivity contribution is 5.32. The Labute approximate surface area is 107 Å². The van der Waals surface area contributed by atoms with Gasteiger partial charge in [-0.3, -0.25) is 0 Å². The summed E-state index contributed by atoms with van der Waals surface area (Å²) in [5.41, 5.74) is 2.84. The van der Waals surface area contributed by atoms with Crippen LogP contribution in [0.25, 0.3) is 0 Å². The lowest BCUT2D eigenvalue weighted by atomic mass is 9.85. The molecule has 0 bridgehead atoms. The molecule has 1 atom stereocenters. The summed E-state index contributed by atoms with van der Waals surface area (Å²) in [6.07, 6.45) is 6.49. The van der Waals surface area contributed by atoms with E-state index >= 15 is 0 Å². The average Bonchev–Trinajstić information content (AvgIpc) is 2.33. The Hall–Kier alpha value is -1.22. The highest BCUT2D eigenvalue weighted by Crippen LogP contribution is 2.25. The van der Waals surface area contributed by atoms with Crippen LogP contribution in [0.15, 0.2) is 24.3 Å². The number of benzene rings is 1. The van der Waals surface area contributed by atoms with E-state index in [-0.39, 0.29) is 11.3 Å². The van der Waals surface area contributed by atoms with Gasteiger partial charge in [0.1, 0.15) is 0 Å². The van der Waals surface area contributed by atoms with Gasteiger partial charge < -0.3 is 0 Å². The second-order valence-electron chi connectivity index (χ2n) is 5.00. The topological polar surface area (TPSA) is 0 Å². The molecule has 0 amide bonds. The molecule has 0 nitrogen and oxygen atoms in total. The van der Waals surface area contributed by atoms with E-state index in [0.29, 0.717) is 0 Å². The van der Waals surface area contributed by atoms with Gasteiger partial charge in [0.15, 0.2) is 0 Å². The SMILES string of the molecule is C#CC(CC)c1ccc(C(C)(C)C)cc1.CC. The first-order chi connectivity index (χ1) is 7.99. The van der Waals surface area contributed by atoms with Gasteiger partial charge in [-0.05, 0) is 23.0 Å². The Morgan fingerprint density at radius 3 is 1.88 bits per heavy atom. The van der Waals surface area contributed by atoms with Crippen molar-refractivity contribution in [2.45, 2.75) is 59.3 Å². The number of terminal acetylenes is 1. The molecule has 0 aliphatic rings. The van der Waals surface area contributed by atoms with Crippen LogP contribution in [0.4, 0.5) is 0 Å². The molecule has 1 rings (SSSR count). The molecular formula is C17H26. The van der Waals surface area contributed by atoms with Crippen molar-refractivity contribution in [3.63, 3.8) is 0 Å². The predicted octanol–water partition coefficient (Wildman–Crippen LogP) is 5.14. The molecule has 0 N–H and O–H groups in total. The van der Waals surface area contributed by atoms with E-state index in [1.54, 1.807) is 0 Å². The van der Waals surface area contributed by atoms with Crippen molar-refractivity contribution in [1.82, 2.24) is 0 Å². The monoisotopic (exact) mass is 230 g/mol. The maximum atomic E-state index is 5.49. The maximum Gasteiger partial charge on any atom is 0.0447 e. The molecule has 0 radical (unpaired) electrons. The van der Waals surface area contributed by atoms with Crippen molar-refractivity contribution in [2.24, 2.45) is 0 Å². The van der Waals surface area contributed by atoms with E-state index in [1.165, 1.54) is 11.1 Å². The maximum absolute atomic E-state index is 5.49. The molecule has 0 aliphatic carbocycles. The van der Waals surface area contributed by atoms with E-state index in [2.05, 4.69) is 57.9 Å². The third kappa shape index (κ3) is 4.65. The third-order valence-electron chi connectivity index (χ3n) is 2.79. The molecule has 0 spiro atoms. The molecule has 1 aromatic carbocycles. The lowest BCUT2D eigenvalue weighted by Gasteiger charge is -2.19. The largest absolute Gasteiger partial charge is 0.119 e. The Morgan fingerprint density at radius 2 is 1.59 bits per heavy atom. The normalized spacial score (nSPS) is 12.1. The summed E-state index contributed by atoms with van der Waals surface area (Å²) in [5.74, 6) is 3.09. The Morgan fingerprint density at radius 1 is 1.12 bits per heavy atom. The van der Waals surface area contributed by atoms with Crippen LogP contribution in [0.1, 0.15) is 65.0 Å². The Bertz CT molecular complexity index is 343. The van der Waals surface area contributed by atoms with Gasteiger partial charge in [0.2, 0.25) is 0 Å². The van der Waals surface area contributed by atoms with Crippen molar-refractivity contribution >= 4 is 0 Å². The Balaban J connectivity index is 0.00000121. The van der Waals surface area contributed by atoms with Crippen molar-refractivity contribution in [3.05, 3.63) is 35.4 Å². The summed E-state index contributed by atoms with van der Waals surface area (Å²) in [7, 11) is 0. The van der Waals surface area contributed by atoms with Crippen molar-refractivity contribution < 1.29 is 0 Å². The lowest BCUT2D eigenvalue weighted by molar-refractivity contribution is 0.589. The van der Waals surface area contributed by atoms with E-state index in [0.717, 1.165) is 6.42 Å². The molecule has 0 heterocycles. The van der Waals surface area contributed by atoms with E-state index < -0.39 is 0 Å². The first kappa shape index (κ1) is 15.8. The van der Waals surface area contributed by atoms with Gasteiger partial charge in [0, 0.05) is 5.92 Å². The van der Waals surface area contributed by atoms with E-state index in [4.69, 9.17) is 6.42 Å². The summed E-state index contributed by atoms with van der Waals surface area (Å²) >= 11 is 0. The first-order valence-corrected chi connectivity index (χ1v) is 6.55. The van der Waals surface area contributed by atoms with Crippen molar-refractivity contribution in [2.75, 3.05) is 0 Å². The fraction of sp³-hybridized carbons (Fsp3) is 0.529. The number of hydrogen-bond donors (Lipinski definition) is 0. The zero-order valence-corrected chi connectivity index (χ0v) is 12.2. The van der Waals surface area contributed by atoms with Crippen LogP contribution in [0.3, 0.4) is 0 Å². The summed E-state index contributed by atoms with van der Waals surface area (Å²) in [4.78, 5) is 0. The summed E-state index contributed by atoms with van der Waals surface area (Å²) < 4.78 is 0. The molecule has 0 saturated carbocycles. The summed E-state index contributed by atoms with van der Waals surface area (Å²) in [5, 5.41) is 0. The van der Waals surface area contributed by atoms with Gasteiger partial charge in [0.25, 0.3) is 0 Å². The molecule has 1 aromatic rings. The standard InChI is InChI=1S/C15H20.C2H6/c1-6-12(7-2)13-8-10-14(11-9-13)15(3,4)5;1-2/h1,8-12H,7H2,2-5H3;1-2H3. The second-order valence-corrected chi connectivity index (χ2v) is 5.00. The van der Waals surface area contributed by atoms with Gasteiger partial charge in [-0.2, -0.15) is 0 Å². The minimum Gasteiger partial charge on any atom is -0.119 e. The fourth-order valence-corrected chi connectivity index (χ4v) is 1.67. The van der Waals surface area contributed by atoms with Crippen molar-refractivity contribution in [1.29, 1.82) is 0 Å². The van der Waals surface area contributed by atoms with Gasteiger partial charge in [0.05, 0.1) is 0 Å². The smallest absolute Gasteiger partial charge is 0.0447 e. The highest BCUT2D eigenvalue weighted by Gasteiger charge is 2.13. The zero-order valence-electron chi connectivity index (χ0n) is 12.2. The van der Waals surface area contributed by atoms with Crippen LogP contribution in [0.2, 0.25) is 0 Å². The van der Waals surface area contributed by atoms with Crippen LogP contribution in [0.5, 0.6) is 0 Å². The van der Waals surface area contributed by atoms with Gasteiger partial charge in [-0.25, -0.2) is 0 Å². The molecule has 1 unspecified atom stereocenters. The first-order valence-electron chi connectivity index (χ1n) is 6.55. The van der Waals surface area contributed by atoms with E-state index in [9.17, 15) is 0 Å². The van der Waals surface area contributed by atoms with Gasteiger partial charge in [-0.1, -0.05) is 71.7 Å². The molecular weight excluding hydrogens is 204 g/mol. The minimum atomic E-state index is 0.219. The van der Waals surface area contributed by atoms with Crippen LogP contribution >= 0.6 is 0 Å². The highest BCUT2D eigenvalue weighted by atomic mass is 14.2. The fourth-order valence-electron chi connectivity index (χ4n) is 1.67. The Kier molecular flexibility index (Phi) is 6.66. The molecule has 0 saturated heterocycles. The molecule has 0 aliphatic heterocycles. The van der Waals surface area contributed by atoms with Gasteiger partial charge >= 0.3 is 0 Å². The lowest BCUT2D eigenvalue weighted by Crippen LogP contribution is -2.10. The molecule has 17 heavy (non-hydrogen) atoms.